The van der Waals surface area contributed by atoms with Crippen LogP contribution in [-0.4, -0.2) is 33.1 Å². The predicted octanol–water partition coefficient (Wildman–Crippen LogP) is 2.19. The Morgan fingerprint density at radius 2 is 1.93 bits per heavy atom. The molecule has 0 spiro atoms. The van der Waals surface area contributed by atoms with Gasteiger partial charge in [-0.05, 0) is 31.2 Å². The van der Waals surface area contributed by atoms with E-state index in [4.69, 9.17) is 9.26 Å². The van der Waals surface area contributed by atoms with Crippen molar-refractivity contribution in [2.45, 2.75) is 6.92 Å². The summed E-state index contributed by atoms with van der Waals surface area (Å²) >= 11 is 0. The SMILES string of the molecule is COc1ccc(C(=O)NNc2ncnc(Nc3cc(C)on3)c2[N+](=O)[O-])cc1. The monoisotopic (exact) mass is 385 g/mol. The van der Waals surface area contributed by atoms with Crippen LogP contribution in [0.15, 0.2) is 41.2 Å². The van der Waals surface area contributed by atoms with Gasteiger partial charge in [0.2, 0.25) is 11.6 Å². The Morgan fingerprint density at radius 3 is 2.54 bits per heavy atom. The van der Waals surface area contributed by atoms with Crippen molar-refractivity contribution in [2.75, 3.05) is 17.9 Å². The molecule has 12 heteroatoms. The van der Waals surface area contributed by atoms with Crippen molar-refractivity contribution >= 4 is 29.0 Å². The van der Waals surface area contributed by atoms with Gasteiger partial charge in [0.25, 0.3) is 5.91 Å². The maximum absolute atomic E-state index is 12.2. The lowest BCUT2D eigenvalue weighted by Crippen LogP contribution is -2.30. The summed E-state index contributed by atoms with van der Waals surface area (Å²) in [5.41, 5.74) is 4.65. The van der Waals surface area contributed by atoms with Crippen LogP contribution in [0.2, 0.25) is 0 Å². The summed E-state index contributed by atoms with van der Waals surface area (Å²) in [5, 5.41) is 17.9. The van der Waals surface area contributed by atoms with Crippen molar-refractivity contribution in [2.24, 2.45) is 0 Å². The number of nitrogens with zero attached hydrogens (tertiary/aromatic N) is 4. The van der Waals surface area contributed by atoms with E-state index in [0.717, 1.165) is 6.33 Å². The fourth-order valence-electron chi connectivity index (χ4n) is 2.21. The minimum Gasteiger partial charge on any atom is -0.497 e. The number of anilines is 3. The topological polar surface area (TPSA) is 157 Å². The van der Waals surface area contributed by atoms with Crippen molar-refractivity contribution < 1.29 is 19.0 Å². The van der Waals surface area contributed by atoms with E-state index in [0.29, 0.717) is 17.1 Å². The van der Waals surface area contributed by atoms with Gasteiger partial charge in [-0.15, -0.1) is 0 Å². The molecule has 0 unspecified atom stereocenters. The molecule has 144 valence electrons. The first kappa shape index (κ1) is 18.6. The Kier molecular flexibility index (Phi) is 5.30. The van der Waals surface area contributed by atoms with E-state index < -0.39 is 16.5 Å². The standard InChI is InChI=1S/C16H15N7O5/c1-9-7-12(22-28-9)19-14-13(23(25)26)15(18-8-17-14)20-21-16(24)10-3-5-11(27-2)6-4-10/h3-8H,1-2H3,(H,21,24)(H2,17,18,19,20,22). The molecule has 0 radical (unpaired) electrons. The van der Waals surface area contributed by atoms with Gasteiger partial charge in [0.05, 0.1) is 12.0 Å². The van der Waals surface area contributed by atoms with Crippen molar-refractivity contribution in [1.82, 2.24) is 20.6 Å². The van der Waals surface area contributed by atoms with E-state index in [1.54, 1.807) is 37.3 Å². The normalized spacial score (nSPS) is 10.2. The summed E-state index contributed by atoms with van der Waals surface area (Å²) in [6, 6.07) is 7.87. The van der Waals surface area contributed by atoms with Gasteiger partial charge in [-0.25, -0.2) is 9.97 Å². The maximum Gasteiger partial charge on any atom is 0.355 e. The van der Waals surface area contributed by atoms with Gasteiger partial charge in [-0.2, -0.15) is 0 Å². The van der Waals surface area contributed by atoms with Crippen molar-refractivity contribution in [3.63, 3.8) is 0 Å². The number of aryl methyl sites for hydroxylation is 1. The quantitative estimate of drug-likeness (QED) is 0.406. The van der Waals surface area contributed by atoms with Gasteiger partial charge < -0.3 is 14.6 Å². The van der Waals surface area contributed by atoms with E-state index in [-0.39, 0.29) is 17.5 Å². The second-order valence-electron chi connectivity index (χ2n) is 5.43. The third-order valence-electron chi connectivity index (χ3n) is 3.53. The van der Waals surface area contributed by atoms with E-state index in [9.17, 15) is 14.9 Å². The lowest BCUT2D eigenvalue weighted by atomic mass is 10.2. The number of hydrogen-bond donors (Lipinski definition) is 3. The molecule has 0 aliphatic rings. The predicted molar refractivity (Wildman–Crippen MR) is 97.3 cm³/mol. The maximum atomic E-state index is 12.2. The first-order valence-electron chi connectivity index (χ1n) is 7.88. The molecule has 0 atom stereocenters. The Hall–Kier alpha value is -4.22. The number of benzene rings is 1. The highest BCUT2D eigenvalue weighted by Crippen LogP contribution is 2.30. The molecule has 3 N–H and O–H groups in total. The van der Waals surface area contributed by atoms with E-state index >= 15 is 0 Å². The highest BCUT2D eigenvalue weighted by atomic mass is 16.6. The number of carbonyl (C=O) groups is 1. The highest BCUT2D eigenvalue weighted by molar-refractivity contribution is 5.95. The fourth-order valence-corrected chi connectivity index (χ4v) is 2.21. The zero-order valence-corrected chi connectivity index (χ0v) is 14.8. The van der Waals surface area contributed by atoms with Gasteiger partial charge in [0, 0.05) is 11.6 Å². The molecule has 0 aliphatic heterocycles. The molecular weight excluding hydrogens is 370 g/mol. The lowest BCUT2D eigenvalue weighted by Gasteiger charge is -2.10. The van der Waals surface area contributed by atoms with Gasteiger partial charge in [0.1, 0.15) is 17.8 Å². The lowest BCUT2D eigenvalue weighted by molar-refractivity contribution is -0.383. The van der Waals surface area contributed by atoms with Gasteiger partial charge >= 0.3 is 5.69 Å². The zero-order chi connectivity index (χ0) is 20.1. The second kappa shape index (κ2) is 7.99. The zero-order valence-electron chi connectivity index (χ0n) is 14.8. The van der Waals surface area contributed by atoms with Crippen molar-refractivity contribution in [1.29, 1.82) is 0 Å². The number of amides is 1. The minimum atomic E-state index is -0.683. The average Bonchev–Trinajstić information content (AvgIpc) is 3.10. The number of nitro groups is 1. The molecule has 0 saturated carbocycles. The van der Waals surface area contributed by atoms with E-state index in [2.05, 4.69) is 31.3 Å². The average molecular weight is 385 g/mol. The molecular formula is C16H15N7O5. The third-order valence-corrected chi connectivity index (χ3v) is 3.53. The second-order valence-corrected chi connectivity index (χ2v) is 5.43. The van der Waals surface area contributed by atoms with Crippen LogP contribution in [-0.2, 0) is 0 Å². The molecule has 0 aliphatic carbocycles. The number of rotatable bonds is 7. The minimum absolute atomic E-state index is 0.116. The Balaban J connectivity index is 1.78. The molecule has 12 nitrogen and oxygen atoms in total. The van der Waals surface area contributed by atoms with Crippen LogP contribution in [0, 0.1) is 17.0 Å². The number of hydrogen-bond acceptors (Lipinski definition) is 10. The summed E-state index contributed by atoms with van der Waals surface area (Å²) in [4.78, 5) is 30.7. The molecule has 1 aromatic carbocycles. The first-order chi connectivity index (χ1) is 13.5. The molecule has 3 rings (SSSR count). The number of aromatic nitrogens is 3. The number of ether oxygens (including phenoxy) is 1. The molecule has 3 aromatic rings. The summed E-state index contributed by atoms with van der Waals surface area (Å²) in [6.07, 6.45) is 1.10. The molecule has 2 aromatic heterocycles. The van der Waals surface area contributed by atoms with Crippen LogP contribution in [0.25, 0.3) is 0 Å². The first-order valence-corrected chi connectivity index (χ1v) is 7.88. The number of methoxy groups -OCH3 is 1. The molecule has 28 heavy (non-hydrogen) atoms. The van der Waals surface area contributed by atoms with Gasteiger partial charge in [-0.3, -0.25) is 25.8 Å². The van der Waals surface area contributed by atoms with Crippen LogP contribution in [0.5, 0.6) is 5.75 Å². The van der Waals surface area contributed by atoms with Crippen molar-refractivity contribution in [3.8, 4) is 5.75 Å². The largest absolute Gasteiger partial charge is 0.497 e. The molecule has 0 fully saturated rings. The highest BCUT2D eigenvalue weighted by Gasteiger charge is 2.24. The van der Waals surface area contributed by atoms with Gasteiger partial charge in [0.15, 0.2) is 5.82 Å². The number of hydrazine groups is 1. The van der Waals surface area contributed by atoms with Crippen LogP contribution < -0.4 is 20.9 Å². The fraction of sp³-hybridized carbons (Fsp3) is 0.125. The van der Waals surface area contributed by atoms with E-state index in [1.807, 2.05) is 0 Å². The molecule has 0 bridgehead atoms. The Morgan fingerprint density at radius 1 is 1.21 bits per heavy atom. The number of nitrogens with one attached hydrogen (secondary N) is 3. The van der Waals surface area contributed by atoms with Crippen LogP contribution in [0.1, 0.15) is 16.1 Å². The van der Waals surface area contributed by atoms with Gasteiger partial charge in [-0.1, -0.05) is 5.16 Å². The van der Waals surface area contributed by atoms with Crippen molar-refractivity contribution in [3.05, 3.63) is 58.1 Å². The summed E-state index contributed by atoms with van der Waals surface area (Å²) in [6.45, 7) is 1.67. The van der Waals surface area contributed by atoms with Crippen LogP contribution in [0.3, 0.4) is 0 Å². The summed E-state index contributed by atoms with van der Waals surface area (Å²) in [5.74, 6) is 0.517. The van der Waals surface area contributed by atoms with E-state index in [1.165, 1.54) is 7.11 Å². The number of carbonyl (C=O) groups excluding carboxylic acids is 1. The van der Waals surface area contributed by atoms with Crippen LogP contribution in [0.4, 0.5) is 23.1 Å². The smallest absolute Gasteiger partial charge is 0.355 e. The molecule has 0 saturated heterocycles. The molecule has 1 amide bonds. The summed E-state index contributed by atoms with van der Waals surface area (Å²) in [7, 11) is 1.51. The Labute approximate surface area is 158 Å². The summed E-state index contributed by atoms with van der Waals surface area (Å²) < 4.78 is 9.93. The third kappa shape index (κ3) is 4.12. The molecule has 2 heterocycles. The van der Waals surface area contributed by atoms with Crippen LogP contribution >= 0.6 is 0 Å². The Bertz CT molecular complexity index is 1000.